The first-order chi connectivity index (χ1) is 15.1. The number of nitro groups is 1. The van der Waals surface area contributed by atoms with Gasteiger partial charge in [0.1, 0.15) is 12.1 Å². The highest BCUT2D eigenvalue weighted by molar-refractivity contribution is 7.22. The first-order valence-corrected chi connectivity index (χ1v) is 10.6. The van der Waals surface area contributed by atoms with Crippen LogP contribution in [0.3, 0.4) is 0 Å². The summed E-state index contributed by atoms with van der Waals surface area (Å²) in [5, 5.41) is 18.7. The third kappa shape index (κ3) is 3.69. The lowest BCUT2D eigenvalue weighted by molar-refractivity contribution is -0.383. The van der Waals surface area contributed by atoms with E-state index >= 15 is 0 Å². The van der Waals surface area contributed by atoms with Gasteiger partial charge in [-0.15, -0.1) is 0 Å². The Bertz CT molecular complexity index is 1400. The van der Waals surface area contributed by atoms with Crippen LogP contribution in [0.2, 0.25) is 0 Å². The van der Waals surface area contributed by atoms with Gasteiger partial charge in [-0.2, -0.15) is 0 Å². The molecule has 0 unspecified atom stereocenters. The Morgan fingerprint density at radius 2 is 1.58 bits per heavy atom. The minimum Gasteiger partial charge on any atom is -0.497 e. The number of rotatable bonds is 6. The lowest BCUT2D eigenvalue weighted by Gasteiger charge is -2.06. The fourth-order valence-corrected chi connectivity index (χ4v) is 4.71. The van der Waals surface area contributed by atoms with Gasteiger partial charge in [0.25, 0.3) is 0 Å². The minimum atomic E-state index is -0.533. The largest absolute Gasteiger partial charge is 0.497 e. The summed E-state index contributed by atoms with van der Waals surface area (Å²) in [5.74, 6) is 0.789. The molecule has 0 aliphatic rings. The highest BCUT2D eigenvalue weighted by atomic mass is 32.1. The van der Waals surface area contributed by atoms with Gasteiger partial charge in [-0.25, -0.2) is 19.9 Å². The number of thiazole rings is 2. The number of aromatic nitrogens is 4. The SMILES string of the molecule is COc1ccc2nc(Nc3ncnc(Nc4nc5ccccc5s4)c3[N+](=O)[O-])sc2c1. The van der Waals surface area contributed by atoms with Crippen LogP contribution in [0, 0.1) is 10.1 Å². The normalized spacial score (nSPS) is 11.0. The topological polar surface area (TPSA) is 128 Å². The second-order valence-corrected chi connectivity index (χ2v) is 8.33. The number of hydrogen-bond acceptors (Lipinski definition) is 11. The standard InChI is InChI=1S/C19H13N7O3S2/c1-29-10-6-7-12-14(8-10)31-19(23-12)25-17-15(26(27)28)16(20-9-21-17)24-18-22-11-4-2-3-5-13(11)30-18/h2-9H,1H3,(H2,20,21,22,23,24,25). The molecule has 0 radical (unpaired) electrons. The number of ether oxygens (including phenoxy) is 1. The fourth-order valence-electron chi connectivity index (χ4n) is 2.95. The Kier molecular flexibility index (Phi) is 4.76. The molecule has 3 heterocycles. The van der Waals surface area contributed by atoms with Crippen LogP contribution in [0.5, 0.6) is 5.75 Å². The molecule has 0 aliphatic heterocycles. The molecule has 5 aromatic rings. The molecule has 0 saturated carbocycles. The molecule has 2 N–H and O–H groups in total. The summed E-state index contributed by atoms with van der Waals surface area (Å²) >= 11 is 2.72. The van der Waals surface area contributed by atoms with E-state index in [9.17, 15) is 10.1 Å². The summed E-state index contributed by atoms with van der Waals surface area (Å²) in [6, 6.07) is 13.1. The zero-order valence-corrected chi connectivity index (χ0v) is 17.5. The Morgan fingerprint density at radius 1 is 0.935 bits per heavy atom. The molecule has 12 heteroatoms. The molecule has 0 atom stereocenters. The molecule has 154 valence electrons. The van der Waals surface area contributed by atoms with Crippen molar-refractivity contribution in [3.8, 4) is 5.75 Å². The van der Waals surface area contributed by atoms with Crippen LogP contribution < -0.4 is 15.4 Å². The zero-order chi connectivity index (χ0) is 21.4. The maximum atomic E-state index is 11.8. The van der Waals surface area contributed by atoms with E-state index in [2.05, 4.69) is 30.6 Å². The molecule has 31 heavy (non-hydrogen) atoms. The van der Waals surface area contributed by atoms with E-state index in [0.29, 0.717) is 16.0 Å². The van der Waals surface area contributed by atoms with Gasteiger partial charge in [0, 0.05) is 0 Å². The van der Waals surface area contributed by atoms with Crippen molar-refractivity contribution in [3.63, 3.8) is 0 Å². The van der Waals surface area contributed by atoms with Gasteiger partial charge in [0.05, 0.1) is 32.5 Å². The van der Waals surface area contributed by atoms with Crippen LogP contribution in [-0.4, -0.2) is 32.0 Å². The average Bonchev–Trinajstić information content (AvgIpc) is 3.35. The third-order valence-corrected chi connectivity index (χ3v) is 6.23. The van der Waals surface area contributed by atoms with Crippen molar-refractivity contribution >= 4 is 70.7 Å². The molecule has 0 aliphatic carbocycles. The number of fused-ring (bicyclic) bond motifs is 2. The number of methoxy groups -OCH3 is 1. The van der Waals surface area contributed by atoms with Crippen LogP contribution in [0.15, 0.2) is 48.8 Å². The van der Waals surface area contributed by atoms with Crippen molar-refractivity contribution in [1.29, 1.82) is 0 Å². The average molecular weight is 451 g/mol. The van der Waals surface area contributed by atoms with E-state index in [1.165, 1.54) is 29.0 Å². The lowest BCUT2D eigenvalue weighted by Crippen LogP contribution is -2.05. The second-order valence-electron chi connectivity index (χ2n) is 6.27. The number of hydrogen-bond donors (Lipinski definition) is 2. The lowest BCUT2D eigenvalue weighted by atomic mass is 10.3. The monoisotopic (exact) mass is 451 g/mol. The third-order valence-electron chi connectivity index (χ3n) is 4.35. The molecule has 2 aromatic carbocycles. The Labute approximate surface area is 182 Å². The van der Waals surface area contributed by atoms with E-state index in [0.717, 1.165) is 20.4 Å². The molecule has 10 nitrogen and oxygen atoms in total. The molecule has 0 spiro atoms. The summed E-state index contributed by atoms with van der Waals surface area (Å²) in [4.78, 5) is 28.4. The van der Waals surface area contributed by atoms with E-state index in [-0.39, 0.29) is 17.3 Å². The molecule has 0 bridgehead atoms. The van der Waals surface area contributed by atoms with Crippen molar-refractivity contribution in [2.75, 3.05) is 17.7 Å². The number of nitrogens with one attached hydrogen (secondary N) is 2. The summed E-state index contributed by atoms with van der Waals surface area (Å²) in [5.41, 5.74) is 1.26. The van der Waals surface area contributed by atoms with Gasteiger partial charge < -0.3 is 15.4 Å². The molecule has 0 amide bonds. The smallest absolute Gasteiger partial charge is 0.354 e. The van der Waals surface area contributed by atoms with Crippen molar-refractivity contribution in [1.82, 2.24) is 19.9 Å². The maximum absolute atomic E-state index is 11.8. The van der Waals surface area contributed by atoms with Crippen molar-refractivity contribution in [3.05, 3.63) is 58.9 Å². The van der Waals surface area contributed by atoms with Gasteiger partial charge in [-0.05, 0) is 30.3 Å². The summed E-state index contributed by atoms with van der Waals surface area (Å²) in [7, 11) is 1.59. The van der Waals surface area contributed by atoms with E-state index < -0.39 is 4.92 Å². The van der Waals surface area contributed by atoms with Crippen molar-refractivity contribution in [2.24, 2.45) is 0 Å². The molecule has 0 saturated heterocycles. The molecule has 3 aromatic heterocycles. The summed E-state index contributed by atoms with van der Waals surface area (Å²) in [6.45, 7) is 0. The molecule has 0 fully saturated rings. The fraction of sp³-hybridized carbons (Fsp3) is 0.0526. The Morgan fingerprint density at radius 3 is 2.23 bits per heavy atom. The van der Waals surface area contributed by atoms with Gasteiger partial charge in [-0.3, -0.25) is 10.1 Å². The number of para-hydroxylation sites is 1. The zero-order valence-electron chi connectivity index (χ0n) is 15.9. The van der Waals surface area contributed by atoms with Crippen molar-refractivity contribution < 1.29 is 9.66 Å². The highest BCUT2D eigenvalue weighted by Gasteiger charge is 2.25. The quantitative estimate of drug-likeness (QED) is 0.267. The Balaban J connectivity index is 1.49. The van der Waals surface area contributed by atoms with Crippen LogP contribution in [-0.2, 0) is 0 Å². The number of anilines is 4. The van der Waals surface area contributed by atoms with E-state index in [1.54, 1.807) is 13.2 Å². The molecular formula is C19H13N7O3S2. The second kappa shape index (κ2) is 7.74. The molecular weight excluding hydrogens is 438 g/mol. The first-order valence-electron chi connectivity index (χ1n) is 8.94. The van der Waals surface area contributed by atoms with Gasteiger partial charge in [0.2, 0.25) is 11.6 Å². The van der Waals surface area contributed by atoms with Crippen LogP contribution in [0.1, 0.15) is 0 Å². The summed E-state index contributed by atoms with van der Waals surface area (Å²) in [6.07, 6.45) is 1.25. The van der Waals surface area contributed by atoms with Gasteiger partial charge in [-0.1, -0.05) is 34.8 Å². The van der Waals surface area contributed by atoms with Gasteiger partial charge >= 0.3 is 5.69 Å². The van der Waals surface area contributed by atoms with Crippen LogP contribution in [0.4, 0.5) is 27.6 Å². The number of nitrogens with zero attached hydrogens (tertiary/aromatic N) is 5. The van der Waals surface area contributed by atoms with Crippen LogP contribution in [0.25, 0.3) is 20.4 Å². The maximum Gasteiger partial charge on any atom is 0.354 e. The number of benzene rings is 2. The highest BCUT2D eigenvalue weighted by Crippen LogP contribution is 2.37. The minimum absolute atomic E-state index is 0.0367. The Hall–Kier alpha value is -3.90. The first kappa shape index (κ1) is 19.1. The van der Waals surface area contributed by atoms with Crippen LogP contribution >= 0.6 is 22.7 Å². The predicted molar refractivity (Wildman–Crippen MR) is 121 cm³/mol. The molecule has 5 rings (SSSR count). The van der Waals surface area contributed by atoms with Crippen molar-refractivity contribution in [2.45, 2.75) is 0 Å². The summed E-state index contributed by atoms with van der Waals surface area (Å²) < 4.78 is 7.07. The van der Waals surface area contributed by atoms with E-state index in [4.69, 9.17) is 4.74 Å². The van der Waals surface area contributed by atoms with Gasteiger partial charge in [0.15, 0.2) is 10.3 Å². The van der Waals surface area contributed by atoms with E-state index in [1.807, 2.05) is 36.4 Å². The predicted octanol–water partition coefficient (Wildman–Crippen LogP) is 5.10.